The lowest BCUT2D eigenvalue weighted by Crippen LogP contribution is -2.35. The van der Waals surface area contributed by atoms with Crippen LogP contribution >= 0.6 is 23.7 Å². The van der Waals surface area contributed by atoms with E-state index in [0.717, 1.165) is 29.1 Å². The highest BCUT2D eigenvalue weighted by Crippen LogP contribution is 2.24. The maximum absolute atomic E-state index is 12.4. The fourth-order valence-corrected chi connectivity index (χ4v) is 3.32. The summed E-state index contributed by atoms with van der Waals surface area (Å²) in [5, 5.41) is 2.95. The third kappa shape index (κ3) is 6.38. The number of carbonyl (C=O) groups excluding carboxylic acids is 1. The molecular formula is C20H30ClN3OS. The van der Waals surface area contributed by atoms with Crippen LogP contribution in [-0.4, -0.2) is 35.4 Å². The molecule has 1 heterocycles. The number of hydrogen-bond donors (Lipinski definition) is 1. The normalized spacial score (nSPS) is 11.9. The van der Waals surface area contributed by atoms with Crippen LogP contribution in [0.5, 0.6) is 0 Å². The minimum atomic E-state index is 0. The van der Waals surface area contributed by atoms with Gasteiger partial charge in [-0.15, -0.1) is 23.7 Å². The van der Waals surface area contributed by atoms with Crippen molar-refractivity contribution >= 4 is 29.7 Å². The van der Waals surface area contributed by atoms with Crippen LogP contribution in [0.25, 0.3) is 10.6 Å². The van der Waals surface area contributed by atoms with E-state index in [1.165, 1.54) is 5.56 Å². The first-order chi connectivity index (χ1) is 11.9. The Balaban J connectivity index is 0.00000338. The summed E-state index contributed by atoms with van der Waals surface area (Å²) in [6.45, 7) is 7.05. The number of nitrogens with two attached hydrogens (primary N) is 1. The van der Waals surface area contributed by atoms with Crippen molar-refractivity contribution in [2.45, 2.75) is 46.1 Å². The zero-order valence-electron chi connectivity index (χ0n) is 16.1. The number of aryl methyl sites for hydroxylation is 1. The number of thiazole rings is 1. The number of halogens is 1. The molecule has 0 spiro atoms. The number of carbonyl (C=O) groups is 1. The number of nitrogens with zero attached hydrogens (tertiary/aromatic N) is 2. The largest absolute Gasteiger partial charge is 0.345 e. The second-order valence-corrected chi connectivity index (χ2v) is 7.74. The molecule has 0 fully saturated rings. The van der Waals surface area contributed by atoms with Gasteiger partial charge in [-0.2, -0.15) is 0 Å². The van der Waals surface area contributed by atoms with Gasteiger partial charge in [0.05, 0.1) is 12.1 Å². The monoisotopic (exact) mass is 395 g/mol. The van der Waals surface area contributed by atoms with E-state index in [0.29, 0.717) is 18.9 Å². The lowest BCUT2D eigenvalue weighted by Gasteiger charge is -2.21. The Morgan fingerprint density at radius 2 is 1.92 bits per heavy atom. The van der Waals surface area contributed by atoms with Crippen molar-refractivity contribution < 1.29 is 4.79 Å². The first-order valence-corrected chi connectivity index (χ1v) is 9.82. The van der Waals surface area contributed by atoms with Gasteiger partial charge in [0.15, 0.2) is 0 Å². The van der Waals surface area contributed by atoms with Gasteiger partial charge in [0.25, 0.3) is 0 Å². The van der Waals surface area contributed by atoms with Crippen LogP contribution in [0.2, 0.25) is 0 Å². The molecule has 2 aromatic rings. The van der Waals surface area contributed by atoms with E-state index >= 15 is 0 Å². The molecule has 0 bridgehead atoms. The summed E-state index contributed by atoms with van der Waals surface area (Å²) >= 11 is 1.59. The average molecular weight is 396 g/mol. The Hall–Kier alpha value is -1.43. The van der Waals surface area contributed by atoms with Crippen LogP contribution in [0.1, 0.15) is 38.4 Å². The summed E-state index contributed by atoms with van der Waals surface area (Å²) in [7, 11) is 1.84. The summed E-state index contributed by atoms with van der Waals surface area (Å²) in [5.41, 5.74) is 9.32. The number of benzene rings is 1. The Labute approximate surface area is 167 Å². The van der Waals surface area contributed by atoms with E-state index in [-0.39, 0.29) is 24.4 Å². The highest BCUT2D eigenvalue weighted by molar-refractivity contribution is 7.13. The van der Waals surface area contributed by atoms with Gasteiger partial charge in [-0.25, -0.2) is 4.98 Å². The SMILES string of the molecule is CCc1ccc(-c2nc(CC(=O)N(C)CCC(N)C(C)C)cs2)cc1.Cl. The standard InChI is InChI=1S/C20H29N3OS.ClH/c1-5-15-6-8-16(9-7-15)20-22-17(13-25-20)12-19(24)23(4)11-10-18(21)14(2)3;/h6-9,13-14,18H,5,10-12,21H2,1-4H3;1H. The lowest BCUT2D eigenvalue weighted by molar-refractivity contribution is -0.129. The van der Waals surface area contributed by atoms with Gasteiger partial charge >= 0.3 is 0 Å². The van der Waals surface area contributed by atoms with Crippen molar-refractivity contribution in [2.24, 2.45) is 11.7 Å². The summed E-state index contributed by atoms with van der Waals surface area (Å²) in [4.78, 5) is 18.8. The average Bonchev–Trinajstić information content (AvgIpc) is 3.07. The molecule has 0 aliphatic heterocycles. The molecule has 0 saturated heterocycles. The fourth-order valence-electron chi connectivity index (χ4n) is 2.49. The van der Waals surface area contributed by atoms with Crippen LogP contribution in [-0.2, 0) is 17.6 Å². The number of hydrogen-bond acceptors (Lipinski definition) is 4. The van der Waals surface area contributed by atoms with Gasteiger partial charge in [0, 0.05) is 30.6 Å². The van der Waals surface area contributed by atoms with E-state index in [9.17, 15) is 4.79 Å². The molecular weight excluding hydrogens is 366 g/mol. The molecule has 1 amide bonds. The van der Waals surface area contributed by atoms with Crippen LogP contribution in [0.15, 0.2) is 29.6 Å². The van der Waals surface area contributed by atoms with Crippen molar-refractivity contribution in [3.8, 4) is 10.6 Å². The zero-order valence-corrected chi connectivity index (χ0v) is 17.7. The molecule has 144 valence electrons. The maximum atomic E-state index is 12.4. The van der Waals surface area contributed by atoms with Gasteiger partial charge < -0.3 is 10.6 Å². The van der Waals surface area contributed by atoms with Crippen molar-refractivity contribution in [3.63, 3.8) is 0 Å². The van der Waals surface area contributed by atoms with Gasteiger partial charge in [-0.05, 0) is 24.3 Å². The molecule has 1 aromatic carbocycles. The molecule has 2 rings (SSSR count). The Morgan fingerprint density at radius 3 is 2.50 bits per heavy atom. The molecule has 1 aromatic heterocycles. The van der Waals surface area contributed by atoms with Crippen LogP contribution in [0.4, 0.5) is 0 Å². The van der Waals surface area contributed by atoms with E-state index in [1.807, 2.05) is 12.4 Å². The first kappa shape index (κ1) is 22.6. The third-order valence-electron chi connectivity index (χ3n) is 4.57. The van der Waals surface area contributed by atoms with Gasteiger partial charge in [-0.3, -0.25) is 4.79 Å². The van der Waals surface area contributed by atoms with Crippen LogP contribution in [0.3, 0.4) is 0 Å². The van der Waals surface area contributed by atoms with Gasteiger partial charge in [-0.1, -0.05) is 45.0 Å². The predicted molar refractivity (Wildman–Crippen MR) is 113 cm³/mol. The summed E-state index contributed by atoms with van der Waals surface area (Å²) in [6, 6.07) is 8.60. The highest BCUT2D eigenvalue weighted by Gasteiger charge is 2.15. The quantitative estimate of drug-likeness (QED) is 0.729. The van der Waals surface area contributed by atoms with Crippen molar-refractivity contribution in [1.82, 2.24) is 9.88 Å². The highest BCUT2D eigenvalue weighted by atomic mass is 35.5. The minimum absolute atomic E-state index is 0. The number of amides is 1. The molecule has 0 aliphatic carbocycles. The summed E-state index contributed by atoms with van der Waals surface area (Å²) in [6.07, 6.45) is 2.20. The van der Waals surface area contributed by atoms with E-state index in [2.05, 4.69) is 50.0 Å². The predicted octanol–water partition coefficient (Wildman–Crippen LogP) is 4.17. The Kier molecular flexibility index (Phi) is 9.27. The Bertz CT molecular complexity index is 685. The third-order valence-corrected chi connectivity index (χ3v) is 5.51. The molecule has 2 N–H and O–H groups in total. The lowest BCUT2D eigenvalue weighted by atomic mass is 10.0. The molecule has 0 saturated carbocycles. The molecule has 1 atom stereocenters. The molecule has 6 heteroatoms. The molecule has 0 radical (unpaired) electrons. The molecule has 26 heavy (non-hydrogen) atoms. The van der Waals surface area contributed by atoms with Crippen LogP contribution < -0.4 is 5.73 Å². The zero-order chi connectivity index (χ0) is 18.4. The molecule has 0 aliphatic rings. The van der Waals surface area contributed by atoms with Crippen molar-refractivity contribution in [3.05, 3.63) is 40.9 Å². The van der Waals surface area contributed by atoms with E-state index in [4.69, 9.17) is 5.73 Å². The van der Waals surface area contributed by atoms with E-state index in [1.54, 1.807) is 16.2 Å². The second-order valence-electron chi connectivity index (χ2n) is 6.88. The second kappa shape index (κ2) is 10.7. The van der Waals surface area contributed by atoms with Gasteiger partial charge in [0.1, 0.15) is 5.01 Å². The summed E-state index contributed by atoms with van der Waals surface area (Å²) in [5.74, 6) is 0.526. The molecule has 4 nitrogen and oxygen atoms in total. The number of aromatic nitrogens is 1. The fraction of sp³-hybridized carbons (Fsp3) is 0.500. The van der Waals surface area contributed by atoms with Crippen molar-refractivity contribution in [2.75, 3.05) is 13.6 Å². The molecule has 1 unspecified atom stereocenters. The topological polar surface area (TPSA) is 59.2 Å². The minimum Gasteiger partial charge on any atom is -0.345 e. The number of rotatable bonds is 8. The van der Waals surface area contributed by atoms with Crippen molar-refractivity contribution in [1.29, 1.82) is 0 Å². The smallest absolute Gasteiger partial charge is 0.228 e. The van der Waals surface area contributed by atoms with E-state index < -0.39 is 0 Å². The number of likely N-dealkylation sites (N-methyl/N-ethyl adjacent to an activating group) is 1. The Morgan fingerprint density at radius 1 is 1.27 bits per heavy atom. The summed E-state index contributed by atoms with van der Waals surface area (Å²) < 4.78 is 0. The van der Waals surface area contributed by atoms with Gasteiger partial charge in [0.2, 0.25) is 5.91 Å². The maximum Gasteiger partial charge on any atom is 0.228 e. The first-order valence-electron chi connectivity index (χ1n) is 8.94. The van der Waals surface area contributed by atoms with Crippen LogP contribution in [0, 0.1) is 5.92 Å².